The largest absolute Gasteiger partial charge is 0.504 e. The lowest BCUT2D eigenvalue weighted by Gasteiger charge is -2.45. The second-order valence-electron chi connectivity index (χ2n) is 6.62. The van der Waals surface area contributed by atoms with E-state index in [1.807, 2.05) is 5.32 Å². The third-order valence-electron chi connectivity index (χ3n) is 4.78. The van der Waals surface area contributed by atoms with Crippen molar-refractivity contribution < 1.29 is 37.7 Å². The molecule has 30 heavy (non-hydrogen) atoms. The minimum atomic E-state index is -5.31. The second kappa shape index (κ2) is 7.69. The summed E-state index contributed by atoms with van der Waals surface area (Å²) in [5, 5.41) is 25.5. The van der Waals surface area contributed by atoms with Gasteiger partial charge < -0.3 is 25.6 Å². The van der Waals surface area contributed by atoms with E-state index in [4.69, 9.17) is 16.3 Å². The molecule has 0 aliphatic carbocycles. The van der Waals surface area contributed by atoms with Gasteiger partial charge in [-0.1, -0.05) is 29.8 Å². The van der Waals surface area contributed by atoms with Crippen molar-refractivity contribution in [3.63, 3.8) is 0 Å². The number of phenolic OH excluding ortho intramolecular Hbond substituents is 1. The molecule has 2 aromatic rings. The summed E-state index contributed by atoms with van der Waals surface area (Å²) in [6.45, 7) is 0. The van der Waals surface area contributed by atoms with Crippen LogP contribution in [-0.2, 0) is 10.5 Å². The molecule has 0 saturated carbocycles. The molecule has 1 saturated heterocycles. The van der Waals surface area contributed by atoms with E-state index in [0.717, 1.165) is 6.07 Å². The number of urea groups is 1. The molecule has 0 unspecified atom stereocenters. The molecular formula is C19H16ClF3N2O5. The number of phenols is 1. The minimum Gasteiger partial charge on any atom is -0.504 e. The third kappa shape index (κ3) is 3.88. The number of aromatic hydroxyl groups is 1. The van der Waals surface area contributed by atoms with Gasteiger partial charge in [0.1, 0.15) is 5.92 Å². The molecular weight excluding hydrogens is 429 g/mol. The van der Waals surface area contributed by atoms with Gasteiger partial charge in [0.2, 0.25) is 5.78 Å². The Labute approximate surface area is 173 Å². The van der Waals surface area contributed by atoms with Crippen LogP contribution in [0.2, 0.25) is 5.02 Å². The van der Waals surface area contributed by atoms with Gasteiger partial charge in [-0.05, 0) is 29.8 Å². The molecule has 1 aliphatic heterocycles. The molecule has 1 aliphatic rings. The van der Waals surface area contributed by atoms with Crippen LogP contribution in [0.15, 0.2) is 42.5 Å². The Morgan fingerprint density at radius 1 is 1.20 bits per heavy atom. The maximum Gasteiger partial charge on any atom is 0.450 e. The molecule has 4 N–H and O–H groups in total. The summed E-state index contributed by atoms with van der Waals surface area (Å²) in [7, 11) is 1.22. The molecule has 2 amide bonds. The van der Waals surface area contributed by atoms with E-state index in [-0.39, 0.29) is 27.6 Å². The molecule has 3 atom stereocenters. The van der Waals surface area contributed by atoms with Crippen molar-refractivity contribution in [1.82, 2.24) is 10.6 Å². The topological polar surface area (TPSA) is 108 Å². The smallest absolute Gasteiger partial charge is 0.450 e. The zero-order valence-corrected chi connectivity index (χ0v) is 16.1. The first-order chi connectivity index (χ1) is 14.0. The minimum absolute atomic E-state index is 0.00879. The van der Waals surface area contributed by atoms with Gasteiger partial charge in [0, 0.05) is 10.6 Å². The average Bonchev–Trinajstić information content (AvgIpc) is 2.67. The van der Waals surface area contributed by atoms with Gasteiger partial charge in [-0.3, -0.25) is 4.79 Å². The molecule has 1 fully saturated rings. The molecule has 7 nitrogen and oxygen atoms in total. The predicted molar refractivity (Wildman–Crippen MR) is 99.0 cm³/mol. The quantitative estimate of drug-likeness (QED) is 0.580. The van der Waals surface area contributed by atoms with Crippen LogP contribution in [0.5, 0.6) is 11.5 Å². The number of rotatable bonds is 4. The standard InChI is InChI=1S/C19H16ClF3N2O5/c1-30-13-8-9(2-7-12(13)26)15-14(16(27)19(21,22)23)18(29,25-17(28)24-15)10-3-5-11(20)6-4-10/h2-8,14-15,26,29H,1H3,(H2,24,25,28)/t14-,15-,18+/m0/s1. The van der Waals surface area contributed by atoms with Crippen LogP contribution >= 0.6 is 11.6 Å². The van der Waals surface area contributed by atoms with Crippen molar-refractivity contribution in [2.75, 3.05) is 7.11 Å². The lowest BCUT2D eigenvalue weighted by atomic mass is 9.76. The first kappa shape index (κ1) is 21.7. The van der Waals surface area contributed by atoms with E-state index >= 15 is 0 Å². The Balaban J connectivity index is 2.20. The fraction of sp³-hybridized carbons (Fsp3) is 0.263. The number of aliphatic hydroxyl groups is 1. The van der Waals surface area contributed by atoms with Gasteiger partial charge in [-0.2, -0.15) is 13.2 Å². The number of nitrogens with one attached hydrogen (secondary N) is 2. The van der Waals surface area contributed by atoms with Crippen molar-refractivity contribution >= 4 is 23.4 Å². The number of benzene rings is 2. The van der Waals surface area contributed by atoms with Gasteiger partial charge in [0.15, 0.2) is 17.2 Å². The molecule has 11 heteroatoms. The maximum absolute atomic E-state index is 13.5. The summed E-state index contributed by atoms with van der Waals surface area (Å²) in [5.41, 5.74) is -2.86. The van der Waals surface area contributed by atoms with E-state index < -0.39 is 35.7 Å². The van der Waals surface area contributed by atoms with Crippen LogP contribution in [0.4, 0.5) is 18.0 Å². The Kier molecular flexibility index (Phi) is 5.57. The van der Waals surface area contributed by atoms with Crippen LogP contribution in [0.3, 0.4) is 0 Å². The number of hydrogen-bond acceptors (Lipinski definition) is 5. The Morgan fingerprint density at radius 3 is 2.40 bits per heavy atom. The highest BCUT2D eigenvalue weighted by Gasteiger charge is 2.59. The van der Waals surface area contributed by atoms with Crippen LogP contribution < -0.4 is 15.4 Å². The lowest BCUT2D eigenvalue weighted by Crippen LogP contribution is -2.66. The monoisotopic (exact) mass is 444 g/mol. The van der Waals surface area contributed by atoms with Gasteiger partial charge in [0.05, 0.1) is 13.2 Å². The highest BCUT2D eigenvalue weighted by Crippen LogP contribution is 2.44. The fourth-order valence-electron chi connectivity index (χ4n) is 3.39. The number of ketones is 1. The van der Waals surface area contributed by atoms with Gasteiger partial charge >= 0.3 is 12.2 Å². The van der Waals surface area contributed by atoms with Crippen LogP contribution in [-0.4, -0.2) is 35.3 Å². The van der Waals surface area contributed by atoms with Crippen molar-refractivity contribution in [2.24, 2.45) is 5.92 Å². The summed E-state index contributed by atoms with van der Waals surface area (Å²) in [6.07, 6.45) is -5.31. The number of methoxy groups -OCH3 is 1. The number of Topliss-reactive ketones (excluding diaryl/α,β-unsaturated/α-hetero) is 1. The number of halogens is 4. The molecule has 3 rings (SSSR count). The lowest BCUT2D eigenvalue weighted by molar-refractivity contribution is -0.190. The summed E-state index contributed by atoms with van der Waals surface area (Å²) < 4.78 is 45.4. The third-order valence-corrected chi connectivity index (χ3v) is 5.04. The molecule has 0 aromatic heterocycles. The number of amides is 2. The highest BCUT2D eigenvalue weighted by atomic mass is 35.5. The number of hydrogen-bond donors (Lipinski definition) is 4. The Bertz CT molecular complexity index is 983. The van der Waals surface area contributed by atoms with E-state index in [2.05, 4.69) is 5.32 Å². The number of carbonyl (C=O) groups excluding carboxylic acids is 2. The number of carbonyl (C=O) groups is 2. The first-order valence-electron chi connectivity index (χ1n) is 8.52. The predicted octanol–water partition coefficient (Wildman–Crippen LogP) is 3.00. The van der Waals surface area contributed by atoms with E-state index in [1.165, 1.54) is 43.5 Å². The van der Waals surface area contributed by atoms with Gasteiger partial charge in [-0.15, -0.1) is 0 Å². The highest BCUT2D eigenvalue weighted by molar-refractivity contribution is 6.30. The van der Waals surface area contributed by atoms with Crippen molar-refractivity contribution in [3.05, 3.63) is 58.6 Å². The second-order valence-corrected chi connectivity index (χ2v) is 7.06. The summed E-state index contributed by atoms with van der Waals surface area (Å²) in [4.78, 5) is 24.7. The first-order valence-corrected chi connectivity index (χ1v) is 8.90. The zero-order valence-electron chi connectivity index (χ0n) is 15.3. The average molecular weight is 445 g/mol. The molecule has 0 bridgehead atoms. The van der Waals surface area contributed by atoms with Gasteiger partial charge in [-0.25, -0.2) is 4.79 Å². The van der Waals surface area contributed by atoms with Gasteiger partial charge in [0.25, 0.3) is 0 Å². The summed E-state index contributed by atoms with van der Waals surface area (Å²) in [6, 6.07) is 5.95. The molecule has 1 heterocycles. The van der Waals surface area contributed by atoms with E-state index in [0.29, 0.717) is 0 Å². The summed E-state index contributed by atoms with van der Waals surface area (Å²) >= 11 is 5.80. The number of alkyl halides is 3. The normalized spacial score (nSPS) is 24.0. The van der Waals surface area contributed by atoms with Crippen LogP contribution in [0.1, 0.15) is 17.2 Å². The SMILES string of the molecule is COc1cc([C@@H]2NC(=O)N[C@@](O)(c3ccc(Cl)cc3)[C@@H]2C(=O)C(F)(F)F)ccc1O. The van der Waals surface area contributed by atoms with Crippen molar-refractivity contribution in [1.29, 1.82) is 0 Å². The van der Waals surface area contributed by atoms with Crippen molar-refractivity contribution in [3.8, 4) is 11.5 Å². The fourth-order valence-corrected chi connectivity index (χ4v) is 3.52. The zero-order chi connectivity index (χ0) is 22.3. The number of ether oxygens (including phenoxy) is 1. The molecule has 2 aromatic carbocycles. The van der Waals surface area contributed by atoms with E-state index in [9.17, 15) is 33.0 Å². The van der Waals surface area contributed by atoms with Crippen molar-refractivity contribution in [2.45, 2.75) is 17.9 Å². The van der Waals surface area contributed by atoms with E-state index in [1.54, 1.807) is 0 Å². The molecule has 160 valence electrons. The molecule has 0 spiro atoms. The van der Waals surface area contributed by atoms with Crippen LogP contribution in [0, 0.1) is 5.92 Å². The Hall–Kier alpha value is -2.98. The summed E-state index contributed by atoms with van der Waals surface area (Å²) in [5.74, 6) is -4.85. The molecule has 0 radical (unpaired) electrons. The maximum atomic E-state index is 13.5. The van der Waals surface area contributed by atoms with Crippen LogP contribution in [0.25, 0.3) is 0 Å². The Morgan fingerprint density at radius 2 is 1.83 bits per heavy atom.